The van der Waals surface area contributed by atoms with Crippen LogP contribution in [0.25, 0.3) is 0 Å². The second-order valence-electron chi connectivity index (χ2n) is 5.26. The Kier molecular flexibility index (Phi) is 3.97. The fourth-order valence-electron chi connectivity index (χ4n) is 1.89. The number of carbonyl (C=O) groups is 1. The van der Waals surface area contributed by atoms with Gasteiger partial charge in [-0.25, -0.2) is 4.79 Å². The Labute approximate surface area is 91.6 Å². The minimum absolute atomic E-state index is 0.0572. The Hall–Kier alpha value is -0.770. The zero-order valence-corrected chi connectivity index (χ0v) is 9.92. The molecule has 4 nitrogen and oxygen atoms in total. The van der Waals surface area contributed by atoms with Gasteiger partial charge in [-0.15, -0.1) is 0 Å². The van der Waals surface area contributed by atoms with E-state index in [0.29, 0.717) is 6.54 Å². The van der Waals surface area contributed by atoms with Crippen LogP contribution in [0, 0.1) is 0 Å². The zero-order valence-electron chi connectivity index (χ0n) is 9.92. The van der Waals surface area contributed by atoms with Gasteiger partial charge < -0.3 is 15.3 Å². The summed E-state index contributed by atoms with van der Waals surface area (Å²) in [6.45, 7) is 7.74. The van der Waals surface area contributed by atoms with E-state index in [2.05, 4.69) is 26.1 Å². The fourth-order valence-corrected chi connectivity index (χ4v) is 1.89. The number of piperidine rings is 1. The number of nitrogens with zero attached hydrogens (tertiary/aromatic N) is 1. The molecule has 0 aromatic heterocycles. The molecular formula is C11H22N2O2. The molecule has 1 atom stereocenters. The molecule has 1 amide bonds. The lowest BCUT2D eigenvalue weighted by atomic mass is 10.0. The van der Waals surface area contributed by atoms with Crippen molar-refractivity contribution in [2.75, 3.05) is 13.1 Å². The van der Waals surface area contributed by atoms with Crippen LogP contribution in [-0.4, -0.2) is 40.8 Å². The molecule has 1 saturated heterocycles. The first kappa shape index (κ1) is 12.3. The van der Waals surface area contributed by atoms with Crippen LogP contribution >= 0.6 is 0 Å². The summed E-state index contributed by atoms with van der Waals surface area (Å²) >= 11 is 0. The fraction of sp³-hybridized carbons (Fsp3) is 0.909. The summed E-state index contributed by atoms with van der Waals surface area (Å²) < 4.78 is 0. The van der Waals surface area contributed by atoms with Gasteiger partial charge in [0, 0.05) is 24.7 Å². The van der Waals surface area contributed by atoms with Crippen molar-refractivity contribution in [2.24, 2.45) is 0 Å². The van der Waals surface area contributed by atoms with Gasteiger partial charge in [-0.1, -0.05) is 0 Å². The van der Waals surface area contributed by atoms with E-state index in [1.807, 2.05) is 0 Å². The van der Waals surface area contributed by atoms with E-state index >= 15 is 0 Å². The number of hydrogen-bond donors (Lipinski definition) is 2. The second kappa shape index (κ2) is 4.84. The van der Waals surface area contributed by atoms with E-state index in [1.54, 1.807) is 4.90 Å². The molecule has 15 heavy (non-hydrogen) atoms. The number of likely N-dealkylation sites (tertiary alicyclic amines) is 1. The lowest BCUT2D eigenvalue weighted by Crippen LogP contribution is -2.51. The van der Waals surface area contributed by atoms with Crippen LogP contribution in [0.5, 0.6) is 0 Å². The summed E-state index contributed by atoms with van der Waals surface area (Å²) in [7, 11) is 0. The van der Waals surface area contributed by atoms with Crippen LogP contribution in [0.3, 0.4) is 0 Å². The minimum atomic E-state index is -0.782. The summed E-state index contributed by atoms with van der Waals surface area (Å²) in [5, 5.41) is 12.4. The Morgan fingerprint density at radius 3 is 2.67 bits per heavy atom. The van der Waals surface area contributed by atoms with Crippen LogP contribution in [0.1, 0.15) is 40.0 Å². The predicted octanol–water partition coefficient (Wildman–Crippen LogP) is 1.91. The highest BCUT2D eigenvalue weighted by atomic mass is 16.4. The third kappa shape index (κ3) is 4.08. The van der Waals surface area contributed by atoms with Crippen molar-refractivity contribution < 1.29 is 9.90 Å². The van der Waals surface area contributed by atoms with Gasteiger partial charge in [0.15, 0.2) is 0 Å². The van der Waals surface area contributed by atoms with Gasteiger partial charge >= 0.3 is 6.09 Å². The van der Waals surface area contributed by atoms with Gasteiger partial charge in [-0.3, -0.25) is 0 Å². The molecule has 0 bridgehead atoms. The SMILES string of the molecule is CC(C)(C)NCC1CCCCN1C(=O)O. The molecule has 1 fully saturated rings. The lowest BCUT2D eigenvalue weighted by molar-refractivity contribution is 0.103. The molecule has 1 unspecified atom stereocenters. The number of nitrogens with one attached hydrogen (secondary N) is 1. The molecule has 0 aliphatic carbocycles. The molecule has 1 aliphatic rings. The number of carboxylic acid groups (broad SMARTS) is 1. The normalized spacial score (nSPS) is 22.9. The number of rotatable bonds is 2. The van der Waals surface area contributed by atoms with Crippen LogP contribution in [0.15, 0.2) is 0 Å². The first-order valence-electron chi connectivity index (χ1n) is 5.65. The van der Waals surface area contributed by atoms with Gasteiger partial charge in [0.05, 0.1) is 0 Å². The monoisotopic (exact) mass is 214 g/mol. The average molecular weight is 214 g/mol. The van der Waals surface area contributed by atoms with E-state index < -0.39 is 6.09 Å². The van der Waals surface area contributed by atoms with Crippen LogP contribution in [0.4, 0.5) is 4.79 Å². The standard InChI is InChI=1S/C11H22N2O2/c1-11(2,3)12-8-9-6-4-5-7-13(9)10(14)15/h9,12H,4-8H2,1-3H3,(H,14,15). The maximum absolute atomic E-state index is 11.0. The maximum Gasteiger partial charge on any atom is 0.407 e. The zero-order chi connectivity index (χ0) is 11.5. The summed E-state index contributed by atoms with van der Waals surface area (Å²) in [4.78, 5) is 12.6. The summed E-state index contributed by atoms with van der Waals surface area (Å²) in [5.74, 6) is 0. The molecule has 2 N–H and O–H groups in total. The van der Waals surface area contributed by atoms with Crippen molar-refractivity contribution in [2.45, 2.75) is 51.6 Å². The molecule has 0 aromatic carbocycles. The van der Waals surface area contributed by atoms with Crippen molar-refractivity contribution in [3.63, 3.8) is 0 Å². The summed E-state index contributed by atoms with van der Waals surface area (Å²) in [6, 6.07) is 0.149. The molecule has 0 saturated carbocycles. The van der Waals surface area contributed by atoms with Crippen molar-refractivity contribution >= 4 is 6.09 Å². The van der Waals surface area contributed by atoms with Gasteiger partial charge in [-0.05, 0) is 40.0 Å². The van der Waals surface area contributed by atoms with Crippen molar-refractivity contribution in [1.29, 1.82) is 0 Å². The first-order chi connectivity index (χ1) is 6.90. The lowest BCUT2D eigenvalue weighted by Gasteiger charge is -2.35. The van der Waals surface area contributed by atoms with E-state index in [4.69, 9.17) is 5.11 Å². The Morgan fingerprint density at radius 1 is 1.47 bits per heavy atom. The third-order valence-corrected chi connectivity index (χ3v) is 2.74. The molecule has 1 heterocycles. The highest BCUT2D eigenvalue weighted by molar-refractivity contribution is 5.65. The summed E-state index contributed by atoms with van der Waals surface area (Å²) in [5.41, 5.74) is 0.0572. The molecule has 0 aromatic rings. The summed E-state index contributed by atoms with van der Waals surface area (Å²) in [6.07, 6.45) is 2.34. The predicted molar refractivity (Wildman–Crippen MR) is 60.1 cm³/mol. The Bertz CT molecular complexity index is 223. The highest BCUT2D eigenvalue weighted by Crippen LogP contribution is 2.17. The van der Waals surface area contributed by atoms with Crippen LogP contribution < -0.4 is 5.32 Å². The molecule has 88 valence electrons. The smallest absolute Gasteiger partial charge is 0.407 e. The third-order valence-electron chi connectivity index (χ3n) is 2.74. The van der Waals surface area contributed by atoms with Gasteiger partial charge in [0.1, 0.15) is 0 Å². The van der Waals surface area contributed by atoms with Crippen molar-refractivity contribution in [3.05, 3.63) is 0 Å². The average Bonchev–Trinajstić information content (AvgIpc) is 2.14. The topological polar surface area (TPSA) is 52.6 Å². The van der Waals surface area contributed by atoms with Crippen LogP contribution in [0.2, 0.25) is 0 Å². The number of hydrogen-bond acceptors (Lipinski definition) is 2. The van der Waals surface area contributed by atoms with E-state index in [-0.39, 0.29) is 11.6 Å². The second-order valence-corrected chi connectivity index (χ2v) is 5.26. The quantitative estimate of drug-likeness (QED) is 0.738. The molecular weight excluding hydrogens is 192 g/mol. The van der Waals surface area contributed by atoms with Gasteiger partial charge in [0.2, 0.25) is 0 Å². The van der Waals surface area contributed by atoms with E-state index in [0.717, 1.165) is 25.8 Å². The molecule has 1 aliphatic heterocycles. The molecule has 4 heteroatoms. The van der Waals surface area contributed by atoms with Gasteiger partial charge in [-0.2, -0.15) is 0 Å². The largest absolute Gasteiger partial charge is 0.465 e. The Balaban J connectivity index is 2.46. The van der Waals surface area contributed by atoms with Crippen molar-refractivity contribution in [3.8, 4) is 0 Å². The highest BCUT2D eigenvalue weighted by Gasteiger charge is 2.26. The Morgan fingerprint density at radius 2 is 2.13 bits per heavy atom. The van der Waals surface area contributed by atoms with E-state index in [9.17, 15) is 4.79 Å². The van der Waals surface area contributed by atoms with Crippen molar-refractivity contribution in [1.82, 2.24) is 10.2 Å². The molecule has 1 rings (SSSR count). The number of amides is 1. The van der Waals surface area contributed by atoms with Gasteiger partial charge in [0.25, 0.3) is 0 Å². The minimum Gasteiger partial charge on any atom is -0.465 e. The van der Waals surface area contributed by atoms with E-state index in [1.165, 1.54) is 0 Å². The first-order valence-corrected chi connectivity index (χ1v) is 5.65. The molecule has 0 radical (unpaired) electrons. The maximum atomic E-state index is 11.0. The van der Waals surface area contributed by atoms with Crippen LogP contribution in [-0.2, 0) is 0 Å². The molecule has 0 spiro atoms.